The molecule has 2 aromatic rings. The van der Waals surface area contributed by atoms with Gasteiger partial charge in [-0.25, -0.2) is 9.48 Å². The van der Waals surface area contributed by atoms with E-state index in [9.17, 15) is 4.79 Å². The molecule has 2 aromatic heterocycles. The summed E-state index contributed by atoms with van der Waals surface area (Å²) in [6, 6.07) is 3.24. The highest BCUT2D eigenvalue weighted by Crippen LogP contribution is 2.03. The number of rotatable bonds is 3. The van der Waals surface area contributed by atoms with E-state index in [4.69, 9.17) is 19.4 Å². The highest BCUT2D eigenvalue weighted by molar-refractivity contribution is 6.29. The van der Waals surface area contributed by atoms with Gasteiger partial charge in [0.1, 0.15) is 5.15 Å². The molecule has 2 rings (SSSR count). The zero-order valence-corrected chi connectivity index (χ0v) is 8.68. The van der Waals surface area contributed by atoms with Crippen molar-refractivity contribution in [2.45, 2.75) is 19.3 Å². The quantitative estimate of drug-likeness (QED) is 0.712. The minimum atomic E-state index is -0.291. The van der Waals surface area contributed by atoms with E-state index >= 15 is 0 Å². The smallest absolute Gasteiger partial charge is 0.244 e. The van der Waals surface area contributed by atoms with Gasteiger partial charge in [0.05, 0.1) is 7.85 Å². The van der Waals surface area contributed by atoms with E-state index in [1.807, 2.05) is 0 Å². The van der Waals surface area contributed by atoms with Crippen LogP contribution in [-0.2, 0) is 6.54 Å². The monoisotopic (exact) mass is 222 g/mol. The van der Waals surface area contributed by atoms with Crippen molar-refractivity contribution >= 4 is 25.1 Å². The molecule has 2 heterocycles. The minimum absolute atomic E-state index is 0.267. The van der Waals surface area contributed by atoms with Gasteiger partial charge in [-0.3, -0.25) is 0 Å². The summed E-state index contributed by atoms with van der Waals surface area (Å²) in [7, 11) is 5.36. The summed E-state index contributed by atoms with van der Waals surface area (Å²) in [6.07, 6.45) is 1.23. The number of fused-ring (bicyclic) bond motifs is 1. The maximum atomic E-state index is 11.7. The normalized spacial score (nSPS) is 11.0. The summed E-state index contributed by atoms with van der Waals surface area (Å²) in [5, 5.41) is 8.21. The molecule has 0 saturated heterocycles. The third-order valence-electron chi connectivity index (χ3n) is 1.98. The van der Waals surface area contributed by atoms with Crippen LogP contribution in [0.1, 0.15) is 6.42 Å². The van der Waals surface area contributed by atoms with Gasteiger partial charge in [-0.2, -0.15) is 4.52 Å². The summed E-state index contributed by atoms with van der Waals surface area (Å²) in [6.45, 7) is 0.496. The Bertz CT molecular complexity index is 535. The van der Waals surface area contributed by atoms with Crippen LogP contribution in [0.4, 0.5) is 0 Å². The lowest BCUT2D eigenvalue weighted by Gasteiger charge is -1.94. The molecule has 0 aromatic carbocycles. The van der Waals surface area contributed by atoms with E-state index < -0.39 is 0 Å². The number of aryl methyl sites for hydroxylation is 1. The van der Waals surface area contributed by atoms with Crippen molar-refractivity contribution in [3.05, 3.63) is 27.8 Å². The van der Waals surface area contributed by atoms with E-state index in [2.05, 4.69) is 10.2 Å². The molecule has 0 aliphatic rings. The van der Waals surface area contributed by atoms with Gasteiger partial charge in [-0.05, 0) is 18.6 Å². The number of hydrogen-bond donors (Lipinski definition) is 0. The fourth-order valence-electron chi connectivity index (χ4n) is 1.27. The van der Waals surface area contributed by atoms with Crippen LogP contribution in [-0.4, -0.2) is 27.2 Å². The van der Waals surface area contributed by atoms with Gasteiger partial charge in [0.25, 0.3) is 0 Å². The maximum Gasteiger partial charge on any atom is 0.367 e. The Labute approximate surface area is 92.1 Å². The largest absolute Gasteiger partial charge is 0.367 e. The Morgan fingerprint density at radius 2 is 2.20 bits per heavy atom. The van der Waals surface area contributed by atoms with E-state index in [1.165, 1.54) is 9.20 Å². The average Bonchev–Trinajstić information content (AvgIpc) is 2.53. The number of hydrogen-bond acceptors (Lipinski definition) is 3. The number of nitrogens with zero attached hydrogens (tertiary/aromatic N) is 4. The lowest BCUT2D eigenvalue weighted by Crippen LogP contribution is -2.22. The molecule has 0 N–H and O–H groups in total. The summed E-state index contributed by atoms with van der Waals surface area (Å²) >= 11 is 5.68. The Morgan fingerprint density at radius 1 is 1.40 bits per heavy atom. The molecule has 7 heteroatoms. The van der Waals surface area contributed by atoms with E-state index in [-0.39, 0.29) is 10.8 Å². The SMILES string of the molecule is [B]CCCn1nc2ccc(Cl)nn2c1=O. The lowest BCUT2D eigenvalue weighted by atomic mass is 10.0. The second-order valence-electron chi connectivity index (χ2n) is 3.07. The Hall–Kier alpha value is -1.30. The molecule has 0 amide bonds. The van der Waals surface area contributed by atoms with Crippen LogP contribution in [0.25, 0.3) is 5.65 Å². The van der Waals surface area contributed by atoms with Crippen LogP contribution in [0.2, 0.25) is 11.5 Å². The fourth-order valence-corrected chi connectivity index (χ4v) is 1.41. The Kier molecular flexibility index (Phi) is 2.77. The molecule has 0 unspecified atom stereocenters. The van der Waals surface area contributed by atoms with Crippen LogP contribution in [0.5, 0.6) is 0 Å². The highest BCUT2D eigenvalue weighted by atomic mass is 35.5. The number of halogens is 1. The van der Waals surface area contributed by atoms with Crippen LogP contribution in [0.3, 0.4) is 0 Å². The van der Waals surface area contributed by atoms with Gasteiger partial charge < -0.3 is 0 Å². The summed E-state index contributed by atoms with van der Waals surface area (Å²) in [5.74, 6) is 0. The molecule has 0 saturated carbocycles. The van der Waals surface area contributed by atoms with Gasteiger partial charge in [-0.15, -0.1) is 10.2 Å². The average molecular weight is 222 g/mol. The van der Waals surface area contributed by atoms with Gasteiger partial charge >= 0.3 is 5.69 Å². The molecule has 2 radical (unpaired) electrons. The van der Waals surface area contributed by atoms with Gasteiger partial charge in [0, 0.05) is 6.54 Å². The van der Waals surface area contributed by atoms with Crippen LogP contribution in [0, 0.1) is 0 Å². The van der Waals surface area contributed by atoms with Crippen LogP contribution >= 0.6 is 11.6 Å². The van der Waals surface area contributed by atoms with Crippen LogP contribution < -0.4 is 5.69 Å². The fraction of sp³-hybridized carbons (Fsp3) is 0.375. The first kappa shape index (κ1) is 10.2. The van der Waals surface area contributed by atoms with Crippen molar-refractivity contribution < 1.29 is 0 Å². The molecular formula is C8H8BClN4O. The van der Waals surface area contributed by atoms with Crippen molar-refractivity contribution in [3.8, 4) is 0 Å². The second kappa shape index (κ2) is 4.06. The molecule has 0 spiro atoms. The van der Waals surface area contributed by atoms with Gasteiger partial charge in [0.2, 0.25) is 0 Å². The molecule has 5 nitrogen and oxygen atoms in total. The first-order chi connectivity index (χ1) is 7.22. The van der Waals surface area contributed by atoms with Crippen molar-refractivity contribution in [1.82, 2.24) is 19.4 Å². The predicted molar refractivity (Wildman–Crippen MR) is 57.4 cm³/mol. The zero-order chi connectivity index (χ0) is 10.8. The molecule has 0 aliphatic carbocycles. The molecule has 15 heavy (non-hydrogen) atoms. The lowest BCUT2D eigenvalue weighted by molar-refractivity contribution is 0.577. The third kappa shape index (κ3) is 1.90. The first-order valence-corrected chi connectivity index (χ1v) is 4.92. The van der Waals surface area contributed by atoms with E-state index in [0.29, 0.717) is 24.9 Å². The van der Waals surface area contributed by atoms with Gasteiger partial charge in [-0.1, -0.05) is 17.9 Å². The predicted octanol–water partition coefficient (Wildman–Crippen LogP) is 0.521. The Morgan fingerprint density at radius 3 is 2.93 bits per heavy atom. The third-order valence-corrected chi connectivity index (χ3v) is 2.18. The van der Waals surface area contributed by atoms with Crippen molar-refractivity contribution in [3.63, 3.8) is 0 Å². The highest BCUT2D eigenvalue weighted by Gasteiger charge is 2.06. The molecule has 76 valence electrons. The van der Waals surface area contributed by atoms with Gasteiger partial charge in [0.15, 0.2) is 5.65 Å². The molecule has 0 bridgehead atoms. The van der Waals surface area contributed by atoms with Crippen molar-refractivity contribution in [1.29, 1.82) is 0 Å². The van der Waals surface area contributed by atoms with E-state index in [0.717, 1.165) is 0 Å². The maximum absolute atomic E-state index is 11.7. The summed E-state index contributed by atoms with van der Waals surface area (Å²) in [4.78, 5) is 11.7. The van der Waals surface area contributed by atoms with E-state index in [1.54, 1.807) is 12.1 Å². The van der Waals surface area contributed by atoms with Crippen molar-refractivity contribution in [2.75, 3.05) is 0 Å². The Balaban J connectivity index is 2.50. The number of aromatic nitrogens is 4. The van der Waals surface area contributed by atoms with Crippen molar-refractivity contribution in [2.24, 2.45) is 0 Å². The molecule has 0 fully saturated rings. The molecule has 0 aliphatic heterocycles. The first-order valence-electron chi connectivity index (χ1n) is 4.55. The standard InChI is InChI=1S/C8H8BClN4O/c9-4-1-5-13-8(15)14-7(12-13)3-2-6(10)11-14/h2-3H,1,4-5H2. The molecule has 0 atom stereocenters. The molecular weight excluding hydrogens is 214 g/mol. The zero-order valence-electron chi connectivity index (χ0n) is 7.93. The summed E-state index contributed by atoms with van der Waals surface area (Å²) in [5.41, 5.74) is 0.197. The summed E-state index contributed by atoms with van der Waals surface area (Å²) < 4.78 is 2.52. The topological polar surface area (TPSA) is 52.2 Å². The second-order valence-corrected chi connectivity index (χ2v) is 3.46. The minimum Gasteiger partial charge on any atom is -0.244 e. The van der Waals surface area contributed by atoms with Crippen LogP contribution in [0.15, 0.2) is 16.9 Å².